The average molecular weight is 503 g/mol. The van der Waals surface area contributed by atoms with Crippen molar-refractivity contribution < 1.29 is 9.53 Å². The molecule has 0 saturated carbocycles. The van der Waals surface area contributed by atoms with Crippen LogP contribution in [-0.2, 0) is 9.53 Å². The smallest absolute Gasteiger partial charge is 0.244 e. The first kappa shape index (κ1) is 24.5. The summed E-state index contributed by atoms with van der Waals surface area (Å²) in [6, 6.07) is 10.3. The van der Waals surface area contributed by atoms with Crippen LogP contribution in [0, 0.1) is 0 Å². The van der Waals surface area contributed by atoms with Crippen LogP contribution in [-0.4, -0.2) is 75.8 Å². The molecule has 1 aromatic carbocycles. The van der Waals surface area contributed by atoms with Gasteiger partial charge in [0, 0.05) is 58.2 Å². The number of carbonyl (C=O) groups excluding carboxylic acids is 1. The maximum atomic E-state index is 12.5. The topological polar surface area (TPSA) is 69.2 Å². The monoisotopic (exact) mass is 503 g/mol. The van der Waals surface area contributed by atoms with Crippen LogP contribution in [0.2, 0.25) is 0 Å². The number of anilines is 1. The molecule has 1 fully saturated rings. The first-order valence-corrected chi connectivity index (χ1v) is 9.92. The van der Waals surface area contributed by atoms with Gasteiger partial charge in [0.1, 0.15) is 6.54 Å². The van der Waals surface area contributed by atoms with Gasteiger partial charge < -0.3 is 25.2 Å². The Balaban J connectivity index is 0.00000392. The molecule has 0 aromatic heterocycles. The minimum absolute atomic E-state index is 0. The van der Waals surface area contributed by atoms with E-state index in [-0.39, 0.29) is 36.4 Å². The summed E-state index contributed by atoms with van der Waals surface area (Å²) in [7, 11) is 0. The van der Waals surface area contributed by atoms with E-state index in [1.807, 2.05) is 36.9 Å². The molecule has 2 rings (SSSR count). The Morgan fingerprint density at radius 1 is 1.11 bits per heavy atom. The molecule has 0 aliphatic carbocycles. The van der Waals surface area contributed by atoms with Crippen LogP contribution >= 0.6 is 24.0 Å². The third-order valence-electron chi connectivity index (χ3n) is 4.43. The van der Waals surface area contributed by atoms with Crippen LogP contribution in [0.25, 0.3) is 0 Å². The molecule has 1 aromatic rings. The van der Waals surface area contributed by atoms with Crippen LogP contribution in [0.5, 0.6) is 0 Å². The van der Waals surface area contributed by atoms with Gasteiger partial charge in [0.15, 0.2) is 5.96 Å². The molecule has 1 amide bonds. The summed E-state index contributed by atoms with van der Waals surface area (Å²) < 4.78 is 5.33. The molecule has 1 saturated heterocycles. The molecule has 0 unspecified atom stereocenters. The van der Waals surface area contributed by atoms with Crippen LogP contribution in [0.4, 0.5) is 5.69 Å². The normalized spacial score (nSPS) is 14.4. The van der Waals surface area contributed by atoms with Crippen molar-refractivity contribution >= 4 is 41.5 Å². The number of hydrogen-bond donors (Lipinski definition) is 2. The third-order valence-corrected chi connectivity index (χ3v) is 4.43. The maximum Gasteiger partial charge on any atom is 0.244 e. The van der Waals surface area contributed by atoms with Gasteiger partial charge in [-0.3, -0.25) is 4.79 Å². The Bertz CT molecular complexity index is 577. The van der Waals surface area contributed by atoms with Crippen molar-refractivity contribution in [1.82, 2.24) is 15.5 Å². The molecule has 0 bridgehead atoms. The largest absolute Gasteiger partial charge is 0.382 e. The number of halogens is 1. The molecule has 2 N–H and O–H groups in total. The number of hydrogen-bond acceptors (Lipinski definition) is 4. The second-order valence-corrected chi connectivity index (χ2v) is 6.38. The zero-order valence-corrected chi connectivity index (χ0v) is 19.4. The molecule has 0 radical (unpaired) electrons. The Labute approximate surface area is 185 Å². The first-order valence-electron chi connectivity index (χ1n) is 9.92. The van der Waals surface area contributed by atoms with Gasteiger partial charge in [-0.1, -0.05) is 18.2 Å². The van der Waals surface area contributed by atoms with Crippen molar-refractivity contribution in [3.63, 3.8) is 0 Å². The Morgan fingerprint density at radius 3 is 2.46 bits per heavy atom. The average Bonchev–Trinajstić information content (AvgIpc) is 2.72. The van der Waals surface area contributed by atoms with Crippen LogP contribution in [0.3, 0.4) is 0 Å². The second kappa shape index (κ2) is 14.4. The van der Waals surface area contributed by atoms with Crippen LogP contribution < -0.4 is 15.5 Å². The number of amides is 1. The summed E-state index contributed by atoms with van der Waals surface area (Å²) in [5.41, 5.74) is 1.22. The lowest BCUT2D eigenvalue weighted by atomic mass is 10.2. The molecule has 0 atom stereocenters. The molecule has 1 aliphatic heterocycles. The van der Waals surface area contributed by atoms with Gasteiger partial charge in [-0.2, -0.15) is 0 Å². The van der Waals surface area contributed by atoms with Crippen molar-refractivity contribution in [3.05, 3.63) is 30.3 Å². The summed E-state index contributed by atoms with van der Waals surface area (Å²) in [5, 5.41) is 6.43. The number of ether oxygens (including phenoxy) is 1. The van der Waals surface area contributed by atoms with Gasteiger partial charge in [0.25, 0.3) is 0 Å². The molecule has 0 spiro atoms. The van der Waals surface area contributed by atoms with E-state index >= 15 is 0 Å². The zero-order valence-electron chi connectivity index (χ0n) is 17.0. The van der Waals surface area contributed by atoms with Gasteiger partial charge in [-0.05, 0) is 32.4 Å². The number of guanidine groups is 1. The summed E-state index contributed by atoms with van der Waals surface area (Å²) in [6.07, 6.45) is 0.910. The lowest BCUT2D eigenvalue weighted by Crippen LogP contribution is -2.49. The van der Waals surface area contributed by atoms with Gasteiger partial charge in [-0.25, -0.2) is 4.99 Å². The quantitative estimate of drug-likeness (QED) is 0.233. The van der Waals surface area contributed by atoms with E-state index in [2.05, 4.69) is 32.7 Å². The predicted molar refractivity (Wildman–Crippen MR) is 126 cm³/mol. The molecule has 28 heavy (non-hydrogen) atoms. The van der Waals surface area contributed by atoms with E-state index in [0.717, 1.165) is 58.9 Å². The van der Waals surface area contributed by atoms with Crippen LogP contribution in [0.1, 0.15) is 20.3 Å². The molecule has 1 heterocycles. The number of rotatable bonds is 9. The van der Waals surface area contributed by atoms with Crippen molar-refractivity contribution in [2.75, 3.05) is 63.9 Å². The number of aliphatic imine (C=N–C) groups is 1. The van der Waals surface area contributed by atoms with Gasteiger partial charge >= 0.3 is 0 Å². The minimum Gasteiger partial charge on any atom is -0.382 e. The highest BCUT2D eigenvalue weighted by Gasteiger charge is 2.20. The number of nitrogens with zero attached hydrogens (tertiary/aromatic N) is 3. The first-order chi connectivity index (χ1) is 13.2. The van der Waals surface area contributed by atoms with E-state index in [4.69, 9.17) is 4.74 Å². The number of piperazine rings is 1. The van der Waals surface area contributed by atoms with Gasteiger partial charge in [0.2, 0.25) is 5.91 Å². The van der Waals surface area contributed by atoms with Crippen molar-refractivity contribution in [3.8, 4) is 0 Å². The summed E-state index contributed by atoms with van der Waals surface area (Å²) in [4.78, 5) is 21.1. The number of benzene rings is 1. The maximum absolute atomic E-state index is 12.5. The Kier molecular flexibility index (Phi) is 12.6. The van der Waals surface area contributed by atoms with Crippen molar-refractivity contribution in [2.24, 2.45) is 4.99 Å². The molecular formula is C20H34IN5O2. The standard InChI is InChI=1S/C20H33N5O2.HI/c1-3-21-20(22-11-8-16-27-4-2)23-17-19(26)25-14-12-24(13-15-25)18-9-6-5-7-10-18;/h5-7,9-10H,3-4,8,11-17H2,1-2H3,(H2,21,22,23);1H. The fourth-order valence-electron chi connectivity index (χ4n) is 2.97. The van der Waals surface area contributed by atoms with E-state index in [9.17, 15) is 4.79 Å². The molecule has 8 heteroatoms. The summed E-state index contributed by atoms with van der Waals surface area (Å²) in [5.74, 6) is 0.763. The highest BCUT2D eigenvalue weighted by Crippen LogP contribution is 2.15. The van der Waals surface area contributed by atoms with Gasteiger partial charge in [-0.15, -0.1) is 24.0 Å². The van der Waals surface area contributed by atoms with E-state index < -0.39 is 0 Å². The SMILES string of the molecule is CCNC(=NCC(=O)N1CCN(c2ccccc2)CC1)NCCCOCC.I. The summed E-state index contributed by atoms with van der Waals surface area (Å²) >= 11 is 0. The fourth-order valence-corrected chi connectivity index (χ4v) is 2.97. The lowest BCUT2D eigenvalue weighted by Gasteiger charge is -2.36. The van der Waals surface area contributed by atoms with Crippen LogP contribution in [0.15, 0.2) is 35.3 Å². The molecular weight excluding hydrogens is 469 g/mol. The highest BCUT2D eigenvalue weighted by atomic mass is 127. The second-order valence-electron chi connectivity index (χ2n) is 6.38. The Hall–Kier alpha value is -1.55. The van der Waals surface area contributed by atoms with Crippen molar-refractivity contribution in [1.29, 1.82) is 0 Å². The van der Waals surface area contributed by atoms with E-state index in [1.165, 1.54) is 5.69 Å². The lowest BCUT2D eigenvalue weighted by molar-refractivity contribution is -0.129. The zero-order chi connectivity index (χ0) is 19.3. The van der Waals surface area contributed by atoms with E-state index in [1.54, 1.807) is 0 Å². The molecule has 1 aliphatic rings. The fraction of sp³-hybridized carbons (Fsp3) is 0.600. The van der Waals surface area contributed by atoms with E-state index in [0.29, 0.717) is 5.96 Å². The minimum atomic E-state index is 0. The molecule has 158 valence electrons. The number of nitrogens with one attached hydrogen (secondary N) is 2. The predicted octanol–water partition coefficient (Wildman–Crippen LogP) is 1.93. The van der Waals surface area contributed by atoms with Gasteiger partial charge in [0.05, 0.1) is 0 Å². The number of para-hydroxylation sites is 1. The third kappa shape index (κ3) is 8.64. The number of carbonyl (C=O) groups is 1. The Morgan fingerprint density at radius 2 is 1.82 bits per heavy atom. The molecule has 7 nitrogen and oxygen atoms in total. The summed E-state index contributed by atoms with van der Waals surface area (Å²) in [6.45, 7) is 10.4. The van der Waals surface area contributed by atoms with Crippen molar-refractivity contribution in [2.45, 2.75) is 20.3 Å². The highest BCUT2D eigenvalue weighted by molar-refractivity contribution is 14.0.